The predicted molar refractivity (Wildman–Crippen MR) is 67.8 cm³/mol. The van der Waals surface area contributed by atoms with E-state index in [1.54, 1.807) is 11.3 Å². The van der Waals surface area contributed by atoms with E-state index in [4.69, 9.17) is 5.73 Å². The fourth-order valence-corrected chi connectivity index (χ4v) is 2.93. The van der Waals surface area contributed by atoms with Gasteiger partial charge in [-0.05, 0) is 53.2 Å². The van der Waals surface area contributed by atoms with Crippen LogP contribution in [0.15, 0.2) is 9.85 Å². The Hall–Kier alpha value is 0.140. The van der Waals surface area contributed by atoms with E-state index >= 15 is 0 Å². The van der Waals surface area contributed by atoms with Gasteiger partial charge in [0, 0.05) is 10.9 Å². The summed E-state index contributed by atoms with van der Waals surface area (Å²) in [5.41, 5.74) is 7.41. The minimum Gasteiger partial charge on any atom is -0.323 e. The second kappa shape index (κ2) is 5.29. The van der Waals surface area contributed by atoms with E-state index in [2.05, 4.69) is 42.8 Å². The Bertz CT molecular complexity index is 274. The highest BCUT2D eigenvalue weighted by Gasteiger charge is 2.11. The van der Waals surface area contributed by atoms with Crippen LogP contribution in [0.4, 0.5) is 0 Å². The first-order valence-corrected chi connectivity index (χ1v) is 6.63. The van der Waals surface area contributed by atoms with E-state index in [0.29, 0.717) is 0 Å². The molecule has 1 nitrogen and oxygen atoms in total. The molecule has 0 saturated heterocycles. The molecule has 0 radical (unpaired) electrons. The summed E-state index contributed by atoms with van der Waals surface area (Å²) in [6.45, 7) is 6.59. The third-order valence-corrected chi connectivity index (χ3v) is 4.57. The van der Waals surface area contributed by atoms with E-state index in [9.17, 15) is 0 Å². The second-order valence-corrected chi connectivity index (χ2v) is 6.58. The fraction of sp³-hybridized carbons (Fsp3) is 0.636. The maximum atomic E-state index is 6.12. The number of thiophene rings is 1. The lowest BCUT2D eigenvalue weighted by Gasteiger charge is -2.10. The first kappa shape index (κ1) is 12.2. The molecule has 2 N–H and O–H groups in total. The maximum absolute atomic E-state index is 6.12. The first-order valence-electron chi connectivity index (χ1n) is 5.02. The Balaban J connectivity index is 2.56. The Kier molecular flexibility index (Phi) is 4.61. The second-order valence-electron chi connectivity index (χ2n) is 4.18. The molecule has 1 unspecified atom stereocenters. The van der Waals surface area contributed by atoms with Crippen molar-refractivity contribution >= 4 is 27.3 Å². The summed E-state index contributed by atoms with van der Waals surface area (Å²) in [5.74, 6) is 0.741. The van der Waals surface area contributed by atoms with Crippen molar-refractivity contribution in [3.05, 3.63) is 20.3 Å². The molecule has 80 valence electrons. The minimum absolute atomic E-state index is 0.215. The van der Waals surface area contributed by atoms with E-state index in [1.165, 1.54) is 20.6 Å². The van der Waals surface area contributed by atoms with E-state index in [-0.39, 0.29) is 6.04 Å². The van der Waals surface area contributed by atoms with Crippen molar-refractivity contribution in [2.24, 2.45) is 11.7 Å². The fourth-order valence-electron chi connectivity index (χ4n) is 1.32. The van der Waals surface area contributed by atoms with Crippen molar-refractivity contribution in [3.8, 4) is 0 Å². The zero-order chi connectivity index (χ0) is 10.7. The summed E-state index contributed by atoms with van der Waals surface area (Å²) in [5, 5.41) is 0. The van der Waals surface area contributed by atoms with Gasteiger partial charge < -0.3 is 5.73 Å². The third kappa shape index (κ3) is 3.37. The molecule has 0 saturated carbocycles. The van der Waals surface area contributed by atoms with Crippen LogP contribution in [0.2, 0.25) is 0 Å². The SMILES string of the molecule is Cc1cc(C(N)CCC(C)C)sc1Br. The van der Waals surface area contributed by atoms with Gasteiger partial charge >= 0.3 is 0 Å². The van der Waals surface area contributed by atoms with Crippen molar-refractivity contribution < 1.29 is 0 Å². The van der Waals surface area contributed by atoms with Crippen molar-refractivity contribution in [2.75, 3.05) is 0 Å². The lowest BCUT2D eigenvalue weighted by molar-refractivity contribution is 0.510. The standard InChI is InChI=1S/C11H18BrNS/c1-7(2)4-5-9(13)10-6-8(3)11(12)14-10/h6-7,9H,4-5,13H2,1-3H3. The minimum atomic E-state index is 0.215. The average Bonchev–Trinajstić information content (AvgIpc) is 2.43. The zero-order valence-corrected chi connectivity index (χ0v) is 11.4. The maximum Gasteiger partial charge on any atom is 0.0731 e. The van der Waals surface area contributed by atoms with Gasteiger partial charge in [0.25, 0.3) is 0 Å². The van der Waals surface area contributed by atoms with Gasteiger partial charge in [-0.1, -0.05) is 13.8 Å². The number of hydrogen-bond donors (Lipinski definition) is 1. The molecule has 14 heavy (non-hydrogen) atoms. The molecule has 1 aromatic heterocycles. The highest BCUT2D eigenvalue weighted by atomic mass is 79.9. The Labute approximate surface area is 98.8 Å². The molecule has 1 aromatic rings. The van der Waals surface area contributed by atoms with Gasteiger partial charge in [-0.3, -0.25) is 0 Å². The van der Waals surface area contributed by atoms with Gasteiger partial charge in [0.2, 0.25) is 0 Å². The van der Waals surface area contributed by atoms with Gasteiger partial charge in [-0.25, -0.2) is 0 Å². The van der Waals surface area contributed by atoms with Crippen LogP contribution in [0.1, 0.15) is 43.2 Å². The number of aryl methyl sites for hydroxylation is 1. The molecule has 0 aliphatic carbocycles. The number of nitrogens with two attached hydrogens (primary N) is 1. The molecule has 1 rings (SSSR count). The van der Waals surface area contributed by atoms with Gasteiger partial charge in [-0.2, -0.15) is 0 Å². The molecule has 1 atom stereocenters. The van der Waals surface area contributed by atoms with Crippen molar-refractivity contribution in [2.45, 2.75) is 39.7 Å². The van der Waals surface area contributed by atoms with Crippen LogP contribution in [0.3, 0.4) is 0 Å². The van der Waals surface area contributed by atoms with Crippen LogP contribution >= 0.6 is 27.3 Å². The Morgan fingerprint density at radius 2 is 2.07 bits per heavy atom. The van der Waals surface area contributed by atoms with Gasteiger partial charge in [-0.15, -0.1) is 11.3 Å². The zero-order valence-electron chi connectivity index (χ0n) is 9.01. The smallest absolute Gasteiger partial charge is 0.0731 e. The number of rotatable bonds is 4. The summed E-state index contributed by atoms with van der Waals surface area (Å²) in [6.07, 6.45) is 2.29. The molecule has 0 bridgehead atoms. The number of halogens is 1. The Morgan fingerprint density at radius 3 is 2.50 bits per heavy atom. The van der Waals surface area contributed by atoms with Crippen LogP contribution in [-0.2, 0) is 0 Å². The van der Waals surface area contributed by atoms with Crippen LogP contribution < -0.4 is 5.73 Å². The molecular formula is C11H18BrNS. The van der Waals surface area contributed by atoms with E-state index in [0.717, 1.165) is 12.3 Å². The topological polar surface area (TPSA) is 26.0 Å². The molecule has 0 amide bonds. The Morgan fingerprint density at radius 1 is 1.43 bits per heavy atom. The van der Waals surface area contributed by atoms with Crippen LogP contribution in [0.5, 0.6) is 0 Å². The normalized spacial score (nSPS) is 13.6. The summed E-state index contributed by atoms with van der Waals surface area (Å²) < 4.78 is 1.22. The lowest BCUT2D eigenvalue weighted by atomic mass is 10.0. The van der Waals surface area contributed by atoms with Crippen molar-refractivity contribution in [1.82, 2.24) is 0 Å². The van der Waals surface area contributed by atoms with Gasteiger partial charge in [0.1, 0.15) is 0 Å². The molecule has 1 heterocycles. The highest BCUT2D eigenvalue weighted by Crippen LogP contribution is 2.32. The summed E-state index contributed by atoms with van der Waals surface area (Å²) in [4.78, 5) is 1.30. The largest absolute Gasteiger partial charge is 0.323 e. The predicted octanol–water partition coefficient (Wildman–Crippen LogP) is 4.26. The van der Waals surface area contributed by atoms with Crippen LogP contribution in [-0.4, -0.2) is 0 Å². The summed E-state index contributed by atoms with van der Waals surface area (Å²) >= 11 is 5.29. The highest BCUT2D eigenvalue weighted by molar-refractivity contribution is 9.11. The summed E-state index contributed by atoms with van der Waals surface area (Å²) in [7, 11) is 0. The van der Waals surface area contributed by atoms with Crippen LogP contribution in [0, 0.1) is 12.8 Å². The molecule has 0 aromatic carbocycles. The van der Waals surface area contributed by atoms with Crippen LogP contribution in [0.25, 0.3) is 0 Å². The van der Waals surface area contributed by atoms with E-state index in [1.807, 2.05) is 0 Å². The summed E-state index contributed by atoms with van der Waals surface area (Å²) in [6, 6.07) is 2.41. The van der Waals surface area contributed by atoms with E-state index < -0.39 is 0 Å². The average molecular weight is 276 g/mol. The molecule has 0 aliphatic rings. The monoisotopic (exact) mass is 275 g/mol. The molecule has 0 spiro atoms. The lowest BCUT2D eigenvalue weighted by Crippen LogP contribution is -2.09. The molecule has 0 fully saturated rings. The van der Waals surface area contributed by atoms with Gasteiger partial charge in [0.15, 0.2) is 0 Å². The van der Waals surface area contributed by atoms with Gasteiger partial charge in [0.05, 0.1) is 3.79 Å². The molecular weight excluding hydrogens is 258 g/mol. The van der Waals surface area contributed by atoms with Crippen molar-refractivity contribution in [1.29, 1.82) is 0 Å². The third-order valence-electron chi connectivity index (χ3n) is 2.30. The van der Waals surface area contributed by atoms with Crippen molar-refractivity contribution in [3.63, 3.8) is 0 Å². The first-order chi connectivity index (χ1) is 6.50. The molecule has 0 aliphatic heterocycles. The molecule has 3 heteroatoms. The number of hydrogen-bond acceptors (Lipinski definition) is 2. The quantitative estimate of drug-likeness (QED) is 0.873.